The van der Waals surface area contributed by atoms with Gasteiger partial charge in [-0.3, -0.25) is 0 Å². The molecule has 0 saturated carbocycles. The van der Waals surface area contributed by atoms with E-state index in [0.717, 1.165) is 94.3 Å². The normalized spacial score (nSPS) is 11.3. The van der Waals surface area contributed by atoms with E-state index in [2.05, 4.69) is 152 Å². The highest BCUT2D eigenvalue weighted by molar-refractivity contribution is 6.20. The Labute approximate surface area is 313 Å². The van der Waals surface area contributed by atoms with Crippen LogP contribution >= 0.6 is 0 Å². The number of fused-ring (bicyclic) bond motifs is 5. The Morgan fingerprint density at radius 1 is 0.296 bits per heavy atom. The van der Waals surface area contributed by atoms with Crippen molar-refractivity contribution in [3.8, 4) is 67.5 Å². The molecular weight excluding hydrogens is 657 g/mol. The number of pyridine rings is 2. The first-order chi connectivity index (χ1) is 26.7. The summed E-state index contributed by atoms with van der Waals surface area (Å²) in [7, 11) is 0. The summed E-state index contributed by atoms with van der Waals surface area (Å²) in [4.78, 5) is 20.5. The number of nitrogens with zero attached hydrogens (tertiary/aromatic N) is 4. The predicted octanol–water partition coefficient (Wildman–Crippen LogP) is 12.7. The third kappa shape index (κ3) is 5.76. The first-order valence-electron chi connectivity index (χ1n) is 18.1. The summed E-state index contributed by atoms with van der Waals surface area (Å²) in [6.45, 7) is 0. The minimum Gasteiger partial charge on any atom is -0.247 e. The van der Waals surface area contributed by atoms with Crippen LogP contribution < -0.4 is 0 Å². The molecule has 0 bridgehead atoms. The van der Waals surface area contributed by atoms with Crippen LogP contribution in [0.25, 0.3) is 100 Å². The maximum absolute atomic E-state index is 5.28. The molecule has 4 heteroatoms. The zero-order valence-corrected chi connectivity index (χ0v) is 29.3. The fraction of sp³-hybridized carbons (Fsp3) is 0. The third-order valence-electron chi connectivity index (χ3n) is 10.1. The molecule has 0 aliphatic carbocycles. The van der Waals surface area contributed by atoms with Crippen LogP contribution in [-0.4, -0.2) is 19.9 Å². The van der Waals surface area contributed by atoms with Gasteiger partial charge in [0.25, 0.3) is 0 Å². The number of hydrogen-bond acceptors (Lipinski definition) is 4. The van der Waals surface area contributed by atoms with Crippen LogP contribution in [0.3, 0.4) is 0 Å². The molecule has 10 aromatic rings. The molecule has 0 aliphatic rings. The van der Waals surface area contributed by atoms with Crippen molar-refractivity contribution in [1.82, 2.24) is 19.9 Å². The van der Waals surface area contributed by atoms with Crippen LogP contribution in [0.15, 0.2) is 194 Å². The van der Waals surface area contributed by atoms with Crippen LogP contribution in [-0.2, 0) is 0 Å². The fourth-order valence-electron chi connectivity index (χ4n) is 7.33. The van der Waals surface area contributed by atoms with Gasteiger partial charge in [-0.05, 0) is 34.7 Å². The van der Waals surface area contributed by atoms with Gasteiger partial charge >= 0.3 is 0 Å². The van der Waals surface area contributed by atoms with Crippen LogP contribution in [0.2, 0.25) is 0 Å². The molecule has 10 rings (SSSR count). The van der Waals surface area contributed by atoms with E-state index in [9.17, 15) is 0 Å². The largest absolute Gasteiger partial charge is 0.247 e. The molecule has 0 aliphatic heterocycles. The van der Waals surface area contributed by atoms with E-state index >= 15 is 0 Å². The molecule has 0 unspecified atom stereocenters. The molecule has 0 saturated heterocycles. The Bertz CT molecular complexity index is 2890. The van der Waals surface area contributed by atoms with Crippen molar-refractivity contribution < 1.29 is 0 Å². The standard InChI is InChI=1S/C50H32N4/c1-4-12-35(13-5-1)43-31-29-39-28-30-42-41-18-10-11-19-44(41)52-49(47(42)48(39)51-43)38-26-22-34(23-27-38)33-20-24-37(25-21-33)46-32-45(36-14-6-2-7-15-36)53-50(54-46)40-16-8-3-9-17-40/h1-32H. The summed E-state index contributed by atoms with van der Waals surface area (Å²) < 4.78 is 0. The summed E-state index contributed by atoms with van der Waals surface area (Å²) in [5, 5.41) is 4.43. The molecule has 0 fully saturated rings. The van der Waals surface area contributed by atoms with E-state index in [-0.39, 0.29) is 0 Å². The van der Waals surface area contributed by atoms with Gasteiger partial charge in [-0.2, -0.15) is 0 Å². The highest BCUT2D eigenvalue weighted by Gasteiger charge is 2.16. The minimum absolute atomic E-state index is 0.709. The van der Waals surface area contributed by atoms with Crippen molar-refractivity contribution in [2.75, 3.05) is 0 Å². The van der Waals surface area contributed by atoms with E-state index in [1.54, 1.807) is 0 Å². The molecular formula is C50H32N4. The lowest BCUT2D eigenvalue weighted by Crippen LogP contribution is -1.95. The quantitative estimate of drug-likeness (QED) is 0.163. The smallest absolute Gasteiger partial charge is 0.160 e. The first-order valence-corrected chi connectivity index (χ1v) is 18.1. The summed E-state index contributed by atoms with van der Waals surface area (Å²) in [6.07, 6.45) is 0. The summed E-state index contributed by atoms with van der Waals surface area (Å²) in [5.41, 5.74) is 13.1. The van der Waals surface area contributed by atoms with Gasteiger partial charge in [-0.1, -0.05) is 176 Å². The van der Waals surface area contributed by atoms with Gasteiger partial charge in [0.15, 0.2) is 5.82 Å². The minimum atomic E-state index is 0.709. The monoisotopic (exact) mass is 688 g/mol. The van der Waals surface area contributed by atoms with Gasteiger partial charge in [0.05, 0.1) is 33.8 Å². The van der Waals surface area contributed by atoms with Gasteiger partial charge in [-0.25, -0.2) is 19.9 Å². The van der Waals surface area contributed by atoms with Crippen molar-refractivity contribution in [3.05, 3.63) is 194 Å². The van der Waals surface area contributed by atoms with Crippen LogP contribution in [0.4, 0.5) is 0 Å². The molecule has 0 N–H and O–H groups in total. The maximum Gasteiger partial charge on any atom is 0.160 e. The average Bonchev–Trinajstić information content (AvgIpc) is 3.26. The molecule has 0 radical (unpaired) electrons. The van der Waals surface area contributed by atoms with E-state index in [4.69, 9.17) is 19.9 Å². The summed E-state index contributed by atoms with van der Waals surface area (Å²) in [6, 6.07) is 67.3. The molecule has 54 heavy (non-hydrogen) atoms. The predicted molar refractivity (Wildman–Crippen MR) is 223 cm³/mol. The highest BCUT2D eigenvalue weighted by atomic mass is 14.9. The van der Waals surface area contributed by atoms with Crippen molar-refractivity contribution in [1.29, 1.82) is 0 Å². The third-order valence-corrected chi connectivity index (χ3v) is 10.1. The number of benzene rings is 7. The van der Waals surface area contributed by atoms with Crippen molar-refractivity contribution in [2.24, 2.45) is 0 Å². The molecule has 0 spiro atoms. The Morgan fingerprint density at radius 3 is 1.44 bits per heavy atom. The van der Waals surface area contributed by atoms with Crippen molar-refractivity contribution in [3.63, 3.8) is 0 Å². The van der Waals surface area contributed by atoms with Gasteiger partial charge in [-0.15, -0.1) is 0 Å². The number of rotatable bonds is 6. The van der Waals surface area contributed by atoms with Gasteiger partial charge in [0.2, 0.25) is 0 Å². The molecule has 252 valence electrons. The Morgan fingerprint density at radius 2 is 0.796 bits per heavy atom. The van der Waals surface area contributed by atoms with E-state index in [0.29, 0.717) is 5.82 Å². The highest BCUT2D eigenvalue weighted by Crippen LogP contribution is 2.38. The topological polar surface area (TPSA) is 51.6 Å². The maximum atomic E-state index is 5.28. The fourth-order valence-corrected chi connectivity index (χ4v) is 7.33. The van der Waals surface area contributed by atoms with E-state index < -0.39 is 0 Å². The van der Waals surface area contributed by atoms with Crippen molar-refractivity contribution >= 4 is 32.6 Å². The molecule has 3 aromatic heterocycles. The average molecular weight is 689 g/mol. The van der Waals surface area contributed by atoms with Gasteiger partial charge < -0.3 is 0 Å². The molecule has 0 atom stereocenters. The summed E-state index contributed by atoms with van der Waals surface area (Å²) in [5.74, 6) is 0.709. The Balaban J connectivity index is 1.04. The van der Waals surface area contributed by atoms with E-state index in [1.807, 2.05) is 42.5 Å². The van der Waals surface area contributed by atoms with Crippen LogP contribution in [0.1, 0.15) is 0 Å². The first kappa shape index (κ1) is 31.4. The van der Waals surface area contributed by atoms with Crippen LogP contribution in [0.5, 0.6) is 0 Å². The number of aromatic nitrogens is 4. The second-order valence-corrected chi connectivity index (χ2v) is 13.4. The van der Waals surface area contributed by atoms with Gasteiger partial charge in [0.1, 0.15) is 0 Å². The molecule has 4 nitrogen and oxygen atoms in total. The van der Waals surface area contributed by atoms with E-state index in [1.165, 1.54) is 0 Å². The SMILES string of the molecule is c1ccc(-c2cc(-c3ccc(-c4ccc(-c5nc6ccccc6c6ccc7ccc(-c8ccccc8)nc7c56)cc4)cc3)nc(-c3ccccc3)n2)cc1. The lowest BCUT2D eigenvalue weighted by molar-refractivity contribution is 1.18. The van der Waals surface area contributed by atoms with Crippen LogP contribution in [0, 0.1) is 0 Å². The van der Waals surface area contributed by atoms with Crippen molar-refractivity contribution in [2.45, 2.75) is 0 Å². The number of hydrogen-bond donors (Lipinski definition) is 0. The summed E-state index contributed by atoms with van der Waals surface area (Å²) >= 11 is 0. The second-order valence-electron chi connectivity index (χ2n) is 13.4. The second kappa shape index (κ2) is 13.4. The van der Waals surface area contributed by atoms with Gasteiger partial charge in [0, 0.05) is 44.0 Å². The molecule has 0 amide bonds. The lowest BCUT2D eigenvalue weighted by atomic mass is 9.95. The Hall–Kier alpha value is -7.30. The number of para-hydroxylation sites is 1. The molecule has 7 aromatic carbocycles. The zero-order valence-electron chi connectivity index (χ0n) is 29.3. The zero-order chi connectivity index (χ0) is 35.8. The lowest BCUT2D eigenvalue weighted by Gasteiger charge is -2.14. The Kier molecular flexibility index (Phi) is 7.77. The molecule has 3 heterocycles.